The Bertz CT molecular complexity index is 1240. The number of carbonyl (C=O) groups excluding carboxylic acids is 2. The van der Waals surface area contributed by atoms with Gasteiger partial charge in [-0.3, -0.25) is 9.59 Å². The molecule has 1 aliphatic rings. The highest BCUT2D eigenvalue weighted by molar-refractivity contribution is 6.07. The van der Waals surface area contributed by atoms with Gasteiger partial charge in [0.25, 0.3) is 11.8 Å². The van der Waals surface area contributed by atoms with Crippen molar-refractivity contribution in [3.05, 3.63) is 83.4 Å². The van der Waals surface area contributed by atoms with E-state index in [1.165, 1.54) is 44.6 Å². The summed E-state index contributed by atoms with van der Waals surface area (Å²) in [6, 6.07) is 15.5. The summed E-state index contributed by atoms with van der Waals surface area (Å²) in [5.74, 6) is -0.820. The van der Waals surface area contributed by atoms with Gasteiger partial charge in [0.2, 0.25) is 0 Å². The third-order valence-electron chi connectivity index (χ3n) is 6.39. The van der Waals surface area contributed by atoms with Gasteiger partial charge in [-0.2, -0.15) is 0 Å². The molecule has 0 aliphatic carbocycles. The maximum atomic E-state index is 14.4. The second-order valence-electron chi connectivity index (χ2n) is 8.63. The molecule has 194 valence electrons. The van der Waals surface area contributed by atoms with Crippen LogP contribution in [0.2, 0.25) is 0 Å². The number of rotatable bonds is 8. The Labute approximate surface area is 213 Å². The van der Waals surface area contributed by atoms with Crippen LogP contribution in [0.5, 0.6) is 17.2 Å². The van der Waals surface area contributed by atoms with Gasteiger partial charge in [0, 0.05) is 18.8 Å². The van der Waals surface area contributed by atoms with Crippen molar-refractivity contribution in [3.63, 3.8) is 0 Å². The van der Waals surface area contributed by atoms with Gasteiger partial charge in [0.15, 0.2) is 18.1 Å². The van der Waals surface area contributed by atoms with Gasteiger partial charge < -0.3 is 24.4 Å². The smallest absolute Gasteiger partial charge is 0.262 e. The van der Waals surface area contributed by atoms with Crippen molar-refractivity contribution < 1.29 is 32.6 Å². The summed E-state index contributed by atoms with van der Waals surface area (Å²) in [4.78, 5) is 27.0. The van der Waals surface area contributed by atoms with E-state index in [-0.39, 0.29) is 41.3 Å². The number of amides is 2. The summed E-state index contributed by atoms with van der Waals surface area (Å²) >= 11 is 0. The Morgan fingerprint density at radius 3 is 2.22 bits per heavy atom. The van der Waals surface area contributed by atoms with Crippen molar-refractivity contribution in [2.45, 2.75) is 18.8 Å². The van der Waals surface area contributed by atoms with Gasteiger partial charge in [-0.25, -0.2) is 8.78 Å². The van der Waals surface area contributed by atoms with Crippen LogP contribution in [0.1, 0.15) is 34.7 Å². The zero-order chi connectivity index (χ0) is 26.4. The molecule has 7 nitrogen and oxygen atoms in total. The van der Waals surface area contributed by atoms with Crippen LogP contribution < -0.4 is 19.5 Å². The van der Waals surface area contributed by atoms with Crippen molar-refractivity contribution in [1.29, 1.82) is 0 Å². The average molecular weight is 511 g/mol. The molecule has 1 aliphatic heterocycles. The average Bonchev–Trinajstić information content (AvgIpc) is 2.92. The molecule has 4 rings (SSSR count). The summed E-state index contributed by atoms with van der Waals surface area (Å²) in [5.41, 5.74) is 1.38. The minimum Gasteiger partial charge on any atom is -0.493 e. The standard InChI is InChI=1S/C28H28F2N2O5/c1-35-24-12-11-23(30)26(27(24)36-2)28(34)31-21-7-3-18(4-8-21)19-13-15-32(16-14-19)25(33)17-37-22-9-5-20(29)6-10-22/h3-12,19H,13-17H2,1-2H3,(H,31,34). The van der Waals surface area contributed by atoms with E-state index in [1.807, 2.05) is 12.1 Å². The van der Waals surface area contributed by atoms with E-state index in [9.17, 15) is 18.4 Å². The first kappa shape index (κ1) is 25.9. The number of ether oxygens (including phenoxy) is 3. The second kappa shape index (κ2) is 11.7. The Morgan fingerprint density at radius 2 is 1.59 bits per heavy atom. The highest BCUT2D eigenvalue weighted by Crippen LogP contribution is 2.34. The summed E-state index contributed by atoms with van der Waals surface area (Å²) < 4.78 is 43.2. The van der Waals surface area contributed by atoms with E-state index < -0.39 is 11.7 Å². The number of hydrogen-bond donors (Lipinski definition) is 1. The first-order valence-corrected chi connectivity index (χ1v) is 11.9. The second-order valence-corrected chi connectivity index (χ2v) is 8.63. The molecule has 0 spiro atoms. The number of piperidine rings is 1. The quantitative estimate of drug-likeness (QED) is 0.461. The predicted octanol–water partition coefficient (Wildman–Crippen LogP) is 5.02. The first-order chi connectivity index (χ1) is 17.9. The monoisotopic (exact) mass is 510 g/mol. The van der Waals surface area contributed by atoms with Crippen LogP contribution in [0, 0.1) is 11.6 Å². The van der Waals surface area contributed by atoms with Crippen LogP contribution in [0.15, 0.2) is 60.7 Å². The summed E-state index contributed by atoms with van der Waals surface area (Å²) in [5, 5.41) is 2.71. The molecule has 9 heteroatoms. The van der Waals surface area contributed by atoms with Gasteiger partial charge >= 0.3 is 0 Å². The van der Waals surface area contributed by atoms with Crippen LogP contribution in [0.4, 0.5) is 14.5 Å². The van der Waals surface area contributed by atoms with E-state index >= 15 is 0 Å². The number of methoxy groups -OCH3 is 2. The lowest BCUT2D eigenvalue weighted by molar-refractivity contribution is -0.134. The molecule has 37 heavy (non-hydrogen) atoms. The molecule has 0 saturated carbocycles. The number of hydrogen-bond acceptors (Lipinski definition) is 5. The van der Waals surface area contributed by atoms with Crippen molar-refractivity contribution in [1.82, 2.24) is 4.90 Å². The van der Waals surface area contributed by atoms with Crippen molar-refractivity contribution in [2.24, 2.45) is 0 Å². The number of benzene rings is 3. The van der Waals surface area contributed by atoms with Gasteiger partial charge in [-0.15, -0.1) is 0 Å². The zero-order valence-electron chi connectivity index (χ0n) is 20.6. The van der Waals surface area contributed by atoms with Crippen molar-refractivity contribution in [3.8, 4) is 17.2 Å². The topological polar surface area (TPSA) is 77.1 Å². The molecule has 1 heterocycles. The third-order valence-corrected chi connectivity index (χ3v) is 6.39. The largest absolute Gasteiger partial charge is 0.493 e. The number of anilines is 1. The lowest BCUT2D eigenvalue weighted by atomic mass is 9.89. The van der Waals surface area contributed by atoms with Gasteiger partial charge in [0.1, 0.15) is 22.9 Å². The van der Waals surface area contributed by atoms with Gasteiger partial charge in [-0.05, 0) is 72.9 Å². The molecule has 0 atom stereocenters. The van der Waals surface area contributed by atoms with Crippen LogP contribution in [-0.2, 0) is 4.79 Å². The van der Waals surface area contributed by atoms with Crippen LogP contribution >= 0.6 is 0 Å². The lowest BCUT2D eigenvalue weighted by Gasteiger charge is -2.32. The number of likely N-dealkylation sites (tertiary alicyclic amines) is 1. The molecular formula is C28H28F2N2O5. The molecule has 1 fully saturated rings. The molecule has 1 saturated heterocycles. The van der Waals surface area contributed by atoms with E-state index in [4.69, 9.17) is 14.2 Å². The van der Waals surface area contributed by atoms with Gasteiger partial charge in [-0.1, -0.05) is 12.1 Å². The maximum Gasteiger partial charge on any atom is 0.262 e. The zero-order valence-corrected chi connectivity index (χ0v) is 20.6. The summed E-state index contributed by atoms with van der Waals surface area (Å²) in [7, 11) is 2.76. The normalized spacial score (nSPS) is 13.7. The fourth-order valence-electron chi connectivity index (χ4n) is 4.38. The van der Waals surface area contributed by atoms with Crippen molar-refractivity contribution >= 4 is 17.5 Å². The molecule has 3 aromatic carbocycles. The Balaban J connectivity index is 1.31. The molecular weight excluding hydrogens is 482 g/mol. The van der Waals surface area contributed by atoms with Crippen molar-refractivity contribution in [2.75, 3.05) is 39.2 Å². The maximum absolute atomic E-state index is 14.4. The van der Waals surface area contributed by atoms with Crippen LogP contribution in [-0.4, -0.2) is 50.6 Å². The lowest BCUT2D eigenvalue weighted by Crippen LogP contribution is -2.40. The first-order valence-electron chi connectivity index (χ1n) is 11.9. The third kappa shape index (κ3) is 6.17. The summed E-state index contributed by atoms with van der Waals surface area (Å²) in [6.45, 7) is 1.11. The van der Waals surface area contributed by atoms with E-state index in [1.54, 1.807) is 17.0 Å². The van der Waals surface area contributed by atoms with Crippen LogP contribution in [0.25, 0.3) is 0 Å². The van der Waals surface area contributed by atoms with Crippen LogP contribution in [0.3, 0.4) is 0 Å². The molecule has 0 bridgehead atoms. The highest BCUT2D eigenvalue weighted by Gasteiger charge is 2.25. The summed E-state index contributed by atoms with van der Waals surface area (Å²) in [6.07, 6.45) is 1.58. The number of nitrogens with zero attached hydrogens (tertiary/aromatic N) is 1. The predicted molar refractivity (Wildman–Crippen MR) is 134 cm³/mol. The fourth-order valence-corrected chi connectivity index (χ4v) is 4.38. The Morgan fingerprint density at radius 1 is 0.919 bits per heavy atom. The Kier molecular flexibility index (Phi) is 8.22. The van der Waals surface area contributed by atoms with E-state index in [0.717, 1.165) is 24.5 Å². The van der Waals surface area contributed by atoms with E-state index in [0.29, 0.717) is 24.5 Å². The minimum absolute atomic E-state index is 0.0287. The molecule has 0 aromatic heterocycles. The minimum atomic E-state index is -0.712. The van der Waals surface area contributed by atoms with E-state index in [2.05, 4.69) is 5.32 Å². The molecule has 0 radical (unpaired) electrons. The van der Waals surface area contributed by atoms with Gasteiger partial charge in [0.05, 0.1) is 14.2 Å². The molecule has 1 N–H and O–H groups in total. The molecule has 0 unspecified atom stereocenters. The molecule has 3 aromatic rings. The highest BCUT2D eigenvalue weighted by atomic mass is 19.1. The molecule has 2 amide bonds. The number of halogens is 2. The fraction of sp³-hybridized carbons (Fsp3) is 0.286. The SMILES string of the molecule is COc1ccc(F)c(C(=O)Nc2ccc(C3CCN(C(=O)COc4ccc(F)cc4)CC3)cc2)c1OC. The Hall–Kier alpha value is -4.14. The number of nitrogens with one attached hydrogen (secondary N) is 1. The number of carbonyl (C=O) groups is 2.